The van der Waals surface area contributed by atoms with Gasteiger partial charge >= 0.3 is 8.60 Å². The van der Waals surface area contributed by atoms with Crippen molar-refractivity contribution in [1.82, 2.24) is 4.90 Å². The first-order valence-electron chi connectivity index (χ1n) is 9.96. The predicted octanol–water partition coefficient (Wildman–Crippen LogP) is 6.80. The minimum absolute atomic E-state index is 0.709. The van der Waals surface area contributed by atoms with E-state index in [1.165, 1.54) is 19.6 Å². The molecule has 0 saturated heterocycles. The Balaban J connectivity index is 0.000000370. The Bertz CT molecular complexity index is 664. The largest absolute Gasteiger partial charge is 0.530 e. The van der Waals surface area contributed by atoms with Crippen LogP contribution in [0.5, 0.6) is 17.2 Å². The summed E-state index contributed by atoms with van der Waals surface area (Å²) >= 11 is 0. The van der Waals surface area contributed by atoms with Crippen LogP contribution < -0.4 is 13.6 Å². The monoisotopic (exact) mass is 411 g/mol. The zero-order valence-electron chi connectivity index (χ0n) is 17.4. The topological polar surface area (TPSA) is 30.9 Å². The quantitative estimate of drug-likeness (QED) is 0.362. The van der Waals surface area contributed by atoms with Crippen LogP contribution in [0.2, 0.25) is 0 Å². The van der Waals surface area contributed by atoms with E-state index in [0.717, 1.165) is 0 Å². The van der Waals surface area contributed by atoms with Gasteiger partial charge in [0.1, 0.15) is 17.2 Å². The third kappa shape index (κ3) is 8.99. The summed E-state index contributed by atoms with van der Waals surface area (Å²) in [5.74, 6) is 2.13. The van der Waals surface area contributed by atoms with E-state index in [4.69, 9.17) is 13.6 Å². The van der Waals surface area contributed by atoms with Crippen molar-refractivity contribution in [3.63, 3.8) is 0 Å². The number of hydrogen-bond acceptors (Lipinski definition) is 4. The number of rotatable bonds is 9. The summed E-state index contributed by atoms with van der Waals surface area (Å²) in [6.45, 7) is 10.1. The third-order valence-corrected chi connectivity index (χ3v) is 5.19. The highest BCUT2D eigenvalue weighted by molar-refractivity contribution is 7.43. The fourth-order valence-corrected chi connectivity index (χ4v) is 3.42. The Hall–Kier alpha value is -2.55. The van der Waals surface area contributed by atoms with Gasteiger partial charge in [-0.3, -0.25) is 0 Å². The van der Waals surface area contributed by atoms with Gasteiger partial charge in [0, 0.05) is 0 Å². The van der Waals surface area contributed by atoms with Crippen molar-refractivity contribution < 1.29 is 13.6 Å². The maximum atomic E-state index is 5.84. The van der Waals surface area contributed by atoms with Crippen LogP contribution in [0.15, 0.2) is 91.0 Å². The number of hydrogen-bond donors (Lipinski definition) is 0. The van der Waals surface area contributed by atoms with Crippen LogP contribution in [0.1, 0.15) is 20.8 Å². The van der Waals surface area contributed by atoms with Gasteiger partial charge in [0.2, 0.25) is 0 Å². The van der Waals surface area contributed by atoms with E-state index in [0.29, 0.717) is 17.2 Å². The number of para-hydroxylation sites is 3. The van der Waals surface area contributed by atoms with E-state index in [-0.39, 0.29) is 0 Å². The van der Waals surface area contributed by atoms with Crippen molar-refractivity contribution in [2.75, 3.05) is 19.6 Å². The molecule has 0 atom stereocenters. The molecule has 4 nitrogen and oxygen atoms in total. The minimum Gasteiger partial charge on any atom is -0.409 e. The van der Waals surface area contributed by atoms with Gasteiger partial charge in [-0.25, -0.2) is 0 Å². The SMILES string of the molecule is CCN(CC)CC.c1ccc(OP(Oc2ccccc2)Oc2ccccc2)cc1. The van der Waals surface area contributed by atoms with Gasteiger partial charge in [-0.1, -0.05) is 75.4 Å². The van der Waals surface area contributed by atoms with Crippen molar-refractivity contribution in [1.29, 1.82) is 0 Å². The molecule has 0 amide bonds. The molecule has 0 fully saturated rings. The van der Waals surface area contributed by atoms with E-state index in [1.807, 2.05) is 91.0 Å². The molecule has 0 saturated carbocycles. The average Bonchev–Trinajstić information content (AvgIpc) is 2.77. The second-order valence-electron chi connectivity index (χ2n) is 6.06. The van der Waals surface area contributed by atoms with Crippen molar-refractivity contribution in [2.24, 2.45) is 0 Å². The molecule has 0 aromatic heterocycles. The first kappa shape index (κ1) is 22.7. The van der Waals surface area contributed by atoms with E-state index in [1.54, 1.807) is 0 Å². The Kier molecular flexibility index (Phi) is 10.7. The van der Waals surface area contributed by atoms with E-state index in [9.17, 15) is 0 Å². The smallest absolute Gasteiger partial charge is 0.409 e. The summed E-state index contributed by atoms with van der Waals surface area (Å²) in [5, 5.41) is 0. The van der Waals surface area contributed by atoms with Gasteiger partial charge in [-0.15, -0.1) is 0 Å². The van der Waals surface area contributed by atoms with Gasteiger partial charge < -0.3 is 18.5 Å². The normalized spacial score (nSPS) is 10.2. The molecular weight excluding hydrogens is 381 g/mol. The predicted molar refractivity (Wildman–Crippen MR) is 122 cm³/mol. The first-order valence-corrected chi connectivity index (χ1v) is 11.1. The molecule has 3 rings (SSSR count). The summed E-state index contributed by atoms with van der Waals surface area (Å²) < 4.78 is 17.5. The zero-order chi connectivity index (χ0) is 20.7. The molecule has 0 aliphatic carbocycles. The van der Waals surface area contributed by atoms with Gasteiger partial charge in [-0.2, -0.15) is 0 Å². The van der Waals surface area contributed by atoms with Gasteiger partial charge in [-0.05, 0) is 56.0 Å². The number of nitrogens with zero attached hydrogens (tertiary/aromatic N) is 1. The molecule has 3 aromatic rings. The van der Waals surface area contributed by atoms with Crippen molar-refractivity contribution >= 4 is 8.60 Å². The average molecular weight is 411 g/mol. The number of benzene rings is 3. The molecular formula is C24H30NO3P. The van der Waals surface area contributed by atoms with Crippen LogP contribution in [-0.2, 0) is 0 Å². The highest BCUT2D eigenvalue weighted by Crippen LogP contribution is 2.41. The minimum atomic E-state index is -1.59. The summed E-state index contributed by atoms with van der Waals surface area (Å²) in [6.07, 6.45) is 0. The lowest BCUT2D eigenvalue weighted by molar-refractivity contribution is 0.321. The van der Waals surface area contributed by atoms with E-state index >= 15 is 0 Å². The molecule has 0 heterocycles. The van der Waals surface area contributed by atoms with Crippen molar-refractivity contribution in [2.45, 2.75) is 20.8 Å². The first-order chi connectivity index (χ1) is 14.2. The fraction of sp³-hybridized carbons (Fsp3) is 0.250. The van der Waals surface area contributed by atoms with Crippen LogP contribution in [-0.4, -0.2) is 24.5 Å². The maximum Gasteiger partial charge on any atom is 0.530 e. The van der Waals surface area contributed by atoms with Crippen LogP contribution in [0.3, 0.4) is 0 Å². The standard InChI is InChI=1S/C18H15O3P.C6H15N/c1-4-10-16(11-5-1)19-22(20-17-12-6-2-7-13-17)21-18-14-8-3-9-15-18;1-4-7(5-2)6-3/h1-15H;4-6H2,1-3H3. The van der Waals surface area contributed by atoms with E-state index < -0.39 is 8.60 Å². The Labute approximate surface area is 176 Å². The summed E-state index contributed by atoms with van der Waals surface area (Å²) in [4.78, 5) is 2.38. The molecule has 154 valence electrons. The molecule has 0 unspecified atom stereocenters. The maximum absolute atomic E-state index is 5.84. The third-order valence-electron chi connectivity index (χ3n) is 4.11. The van der Waals surface area contributed by atoms with Crippen molar-refractivity contribution in [3.8, 4) is 17.2 Å². The molecule has 5 heteroatoms. The van der Waals surface area contributed by atoms with E-state index in [2.05, 4.69) is 25.7 Å². The van der Waals surface area contributed by atoms with Gasteiger partial charge in [0.25, 0.3) is 0 Å². The highest BCUT2D eigenvalue weighted by atomic mass is 31.2. The Morgan fingerprint density at radius 2 is 0.793 bits per heavy atom. The molecule has 0 aliphatic heterocycles. The molecule has 0 bridgehead atoms. The van der Waals surface area contributed by atoms with Crippen LogP contribution in [0.4, 0.5) is 0 Å². The Morgan fingerprint density at radius 3 is 1.00 bits per heavy atom. The van der Waals surface area contributed by atoms with Crippen LogP contribution >= 0.6 is 8.60 Å². The van der Waals surface area contributed by atoms with Gasteiger partial charge in [0.15, 0.2) is 0 Å². The lowest BCUT2D eigenvalue weighted by Crippen LogP contribution is -2.21. The molecule has 0 aliphatic rings. The Morgan fingerprint density at radius 1 is 0.517 bits per heavy atom. The zero-order valence-corrected chi connectivity index (χ0v) is 18.3. The van der Waals surface area contributed by atoms with Gasteiger partial charge in [0.05, 0.1) is 0 Å². The van der Waals surface area contributed by atoms with Crippen LogP contribution in [0.25, 0.3) is 0 Å². The molecule has 29 heavy (non-hydrogen) atoms. The molecule has 0 N–H and O–H groups in total. The molecule has 0 radical (unpaired) electrons. The van der Waals surface area contributed by atoms with Crippen molar-refractivity contribution in [3.05, 3.63) is 91.0 Å². The lowest BCUT2D eigenvalue weighted by atomic mass is 10.3. The van der Waals surface area contributed by atoms with Crippen LogP contribution in [0, 0.1) is 0 Å². The fourth-order valence-electron chi connectivity index (χ4n) is 2.43. The summed E-state index contributed by atoms with van der Waals surface area (Å²) in [7, 11) is -1.59. The summed E-state index contributed by atoms with van der Waals surface area (Å²) in [5.41, 5.74) is 0. The lowest BCUT2D eigenvalue weighted by Gasteiger charge is -2.17. The second-order valence-corrected chi connectivity index (χ2v) is 7.05. The molecule has 3 aromatic carbocycles. The highest BCUT2D eigenvalue weighted by Gasteiger charge is 2.19. The summed E-state index contributed by atoms with van der Waals surface area (Å²) in [6, 6.07) is 28.5. The second kappa shape index (κ2) is 13.6. The molecule has 0 spiro atoms.